The Balaban J connectivity index is 1.64. The predicted molar refractivity (Wildman–Crippen MR) is 111 cm³/mol. The van der Waals surface area contributed by atoms with Gasteiger partial charge in [0, 0.05) is 21.5 Å². The van der Waals surface area contributed by atoms with E-state index in [4.69, 9.17) is 11.6 Å². The van der Waals surface area contributed by atoms with Crippen molar-refractivity contribution in [3.05, 3.63) is 88.3 Å². The first kappa shape index (κ1) is 18.1. The van der Waals surface area contributed by atoms with Crippen LogP contribution in [0.5, 0.6) is 0 Å². The fourth-order valence-corrected chi connectivity index (χ4v) is 3.40. The minimum atomic E-state index is -0.214. The summed E-state index contributed by atoms with van der Waals surface area (Å²) in [4.78, 5) is 17.6. The summed E-state index contributed by atoms with van der Waals surface area (Å²) in [6, 6.07) is 17.4. The number of nitrogens with one attached hydrogen (secondary N) is 1. The van der Waals surface area contributed by atoms with Crippen molar-refractivity contribution in [3.8, 4) is 11.3 Å². The lowest BCUT2D eigenvalue weighted by Gasteiger charge is -1.99. The number of amides is 1. The lowest BCUT2D eigenvalue weighted by Crippen LogP contribution is -2.07. The lowest BCUT2D eigenvalue weighted by atomic mass is 10.1. The molecule has 1 aromatic heterocycles. The molecule has 0 spiro atoms. The topological polar surface area (TPSA) is 42.0 Å². The highest BCUT2D eigenvalue weighted by Gasteiger charge is 2.11. The number of carbonyl (C=O) groups is 1. The van der Waals surface area contributed by atoms with E-state index in [9.17, 15) is 4.79 Å². The van der Waals surface area contributed by atoms with E-state index < -0.39 is 0 Å². The maximum Gasteiger partial charge on any atom is 0.250 e. The Labute approximate surface area is 161 Å². The third-order valence-corrected chi connectivity index (χ3v) is 4.69. The Morgan fingerprint density at radius 1 is 1.12 bits per heavy atom. The van der Waals surface area contributed by atoms with Gasteiger partial charge in [0.25, 0.3) is 0 Å². The van der Waals surface area contributed by atoms with Gasteiger partial charge in [-0.15, -0.1) is 11.3 Å². The van der Waals surface area contributed by atoms with Crippen LogP contribution in [0.3, 0.4) is 0 Å². The molecule has 0 aliphatic carbocycles. The summed E-state index contributed by atoms with van der Waals surface area (Å²) in [6.45, 7) is 1.97. The number of benzene rings is 2. The highest BCUT2D eigenvalue weighted by Crippen LogP contribution is 2.31. The highest BCUT2D eigenvalue weighted by atomic mass is 35.5. The van der Waals surface area contributed by atoms with Crippen molar-refractivity contribution in [2.75, 3.05) is 5.32 Å². The third-order valence-electron chi connectivity index (χ3n) is 3.57. The van der Waals surface area contributed by atoms with Crippen LogP contribution >= 0.6 is 22.9 Å². The summed E-state index contributed by atoms with van der Waals surface area (Å²) in [5.41, 5.74) is 2.85. The fourth-order valence-electron chi connectivity index (χ4n) is 2.37. The predicted octanol–water partition coefficient (Wildman–Crippen LogP) is 5.98. The maximum atomic E-state index is 12.0. The second-order valence-corrected chi connectivity index (χ2v) is 7.19. The van der Waals surface area contributed by atoms with Crippen LogP contribution in [0.25, 0.3) is 17.3 Å². The van der Waals surface area contributed by atoms with Crippen molar-refractivity contribution in [1.82, 2.24) is 4.98 Å². The Morgan fingerprint density at radius 2 is 1.92 bits per heavy atom. The summed E-state index contributed by atoms with van der Waals surface area (Å²) >= 11 is 7.49. The van der Waals surface area contributed by atoms with Gasteiger partial charge in [0.1, 0.15) is 0 Å². The minimum Gasteiger partial charge on any atom is -0.298 e. The standard InChI is InChI=1S/C21H17ClN2OS/c1-15-20(17-11-7-12-18(22)14-17)24-21(26-15)23-19(25)13-6-5-10-16-8-3-2-4-9-16/h2-14H,1H3,(H,23,24,25)/b10-5+,13-6+. The van der Waals surface area contributed by atoms with Crippen molar-refractivity contribution < 1.29 is 4.79 Å². The number of nitrogens with zero attached hydrogens (tertiary/aromatic N) is 1. The molecule has 5 heteroatoms. The van der Waals surface area contributed by atoms with Crippen molar-refractivity contribution >= 4 is 40.1 Å². The SMILES string of the molecule is Cc1sc(NC(=O)/C=C/C=C/c2ccccc2)nc1-c1cccc(Cl)c1. The lowest BCUT2D eigenvalue weighted by molar-refractivity contribution is -0.111. The normalized spacial score (nSPS) is 11.3. The van der Waals surface area contributed by atoms with Crippen LogP contribution < -0.4 is 5.32 Å². The molecule has 0 bridgehead atoms. The van der Waals surface area contributed by atoms with E-state index >= 15 is 0 Å². The van der Waals surface area contributed by atoms with Gasteiger partial charge in [-0.25, -0.2) is 4.98 Å². The molecule has 0 atom stereocenters. The van der Waals surface area contributed by atoms with E-state index in [0.717, 1.165) is 21.7 Å². The number of rotatable bonds is 5. The Bertz CT molecular complexity index is 961. The largest absolute Gasteiger partial charge is 0.298 e. The van der Waals surface area contributed by atoms with Gasteiger partial charge >= 0.3 is 0 Å². The minimum absolute atomic E-state index is 0.214. The van der Waals surface area contributed by atoms with Gasteiger partial charge in [0.05, 0.1) is 5.69 Å². The molecule has 1 amide bonds. The van der Waals surface area contributed by atoms with Crippen LogP contribution in [-0.4, -0.2) is 10.9 Å². The molecule has 1 N–H and O–H groups in total. The van der Waals surface area contributed by atoms with E-state index in [2.05, 4.69) is 10.3 Å². The monoisotopic (exact) mass is 380 g/mol. The van der Waals surface area contributed by atoms with E-state index in [0.29, 0.717) is 10.2 Å². The zero-order valence-corrected chi connectivity index (χ0v) is 15.7. The van der Waals surface area contributed by atoms with E-state index in [-0.39, 0.29) is 5.91 Å². The molecule has 3 nitrogen and oxygen atoms in total. The first-order valence-corrected chi connectivity index (χ1v) is 9.25. The van der Waals surface area contributed by atoms with Crippen molar-refractivity contribution in [2.24, 2.45) is 0 Å². The van der Waals surface area contributed by atoms with Crippen LogP contribution in [0.1, 0.15) is 10.4 Å². The fraction of sp³-hybridized carbons (Fsp3) is 0.0476. The number of aromatic nitrogens is 1. The maximum absolute atomic E-state index is 12.0. The molecular formula is C21H17ClN2OS. The molecule has 2 aromatic carbocycles. The van der Waals surface area contributed by atoms with Crippen molar-refractivity contribution in [3.63, 3.8) is 0 Å². The Morgan fingerprint density at radius 3 is 2.69 bits per heavy atom. The number of hydrogen-bond acceptors (Lipinski definition) is 3. The molecule has 0 saturated heterocycles. The van der Waals surface area contributed by atoms with Crippen LogP contribution in [0.4, 0.5) is 5.13 Å². The third kappa shape index (κ3) is 4.91. The van der Waals surface area contributed by atoms with E-state index in [1.165, 1.54) is 17.4 Å². The number of hydrogen-bond donors (Lipinski definition) is 1. The van der Waals surface area contributed by atoms with Crippen LogP contribution in [0.2, 0.25) is 5.02 Å². The number of allylic oxidation sites excluding steroid dienone is 2. The molecule has 26 heavy (non-hydrogen) atoms. The summed E-state index contributed by atoms with van der Waals surface area (Å²) < 4.78 is 0. The quantitative estimate of drug-likeness (QED) is 0.437. The average Bonchev–Trinajstić information content (AvgIpc) is 3.00. The molecule has 0 saturated carbocycles. The van der Waals surface area contributed by atoms with E-state index in [1.807, 2.05) is 73.7 Å². The van der Waals surface area contributed by atoms with Crippen LogP contribution in [-0.2, 0) is 4.79 Å². The molecular weight excluding hydrogens is 364 g/mol. The highest BCUT2D eigenvalue weighted by molar-refractivity contribution is 7.16. The zero-order valence-electron chi connectivity index (χ0n) is 14.1. The summed E-state index contributed by atoms with van der Waals surface area (Å²) in [5.74, 6) is -0.214. The Kier molecular flexibility index (Phi) is 6.00. The van der Waals surface area contributed by atoms with Crippen molar-refractivity contribution in [2.45, 2.75) is 6.92 Å². The molecule has 0 radical (unpaired) electrons. The second kappa shape index (κ2) is 8.61. The second-order valence-electron chi connectivity index (χ2n) is 5.55. The number of anilines is 1. The van der Waals surface area contributed by atoms with Gasteiger partial charge in [0.2, 0.25) is 5.91 Å². The smallest absolute Gasteiger partial charge is 0.250 e. The van der Waals surface area contributed by atoms with Gasteiger partial charge in [-0.1, -0.05) is 72.3 Å². The molecule has 1 heterocycles. The summed E-state index contributed by atoms with van der Waals surface area (Å²) in [7, 11) is 0. The zero-order chi connectivity index (χ0) is 18.4. The van der Waals surface area contributed by atoms with Gasteiger partial charge in [-0.05, 0) is 24.6 Å². The molecule has 0 fully saturated rings. The van der Waals surface area contributed by atoms with Crippen molar-refractivity contribution in [1.29, 1.82) is 0 Å². The summed E-state index contributed by atoms with van der Waals surface area (Å²) in [6.07, 6.45) is 6.96. The molecule has 3 rings (SSSR count). The van der Waals surface area contributed by atoms with Gasteiger partial charge in [-0.2, -0.15) is 0 Å². The van der Waals surface area contributed by atoms with Gasteiger partial charge in [-0.3, -0.25) is 10.1 Å². The summed E-state index contributed by atoms with van der Waals surface area (Å²) in [5, 5.41) is 4.03. The number of halogens is 1. The van der Waals surface area contributed by atoms with Crippen LogP contribution in [0.15, 0.2) is 72.8 Å². The number of aryl methyl sites for hydroxylation is 1. The van der Waals surface area contributed by atoms with Gasteiger partial charge in [0.15, 0.2) is 5.13 Å². The van der Waals surface area contributed by atoms with Gasteiger partial charge < -0.3 is 0 Å². The first-order chi connectivity index (χ1) is 12.6. The molecule has 0 aliphatic rings. The number of carbonyl (C=O) groups excluding carboxylic acids is 1. The number of thiazole rings is 1. The van der Waals surface area contributed by atoms with E-state index in [1.54, 1.807) is 6.08 Å². The molecule has 3 aromatic rings. The first-order valence-electron chi connectivity index (χ1n) is 8.06. The Hall–Kier alpha value is -2.69. The average molecular weight is 381 g/mol. The molecule has 130 valence electrons. The van der Waals surface area contributed by atoms with Crippen LogP contribution in [0, 0.1) is 6.92 Å². The molecule has 0 aliphatic heterocycles. The molecule has 0 unspecified atom stereocenters.